The third kappa shape index (κ3) is 2.45. The maximum atomic E-state index is 5.84. The van der Waals surface area contributed by atoms with E-state index in [0.29, 0.717) is 5.15 Å². The second-order valence-electron chi connectivity index (χ2n) is 4.24. The highest BCUT2D eigenvalue weighted by atomic mass is 35.5. The number of pyridine rings is 1. The summed E-state index contributed by atoms with van der Waals surface area (Å²) in [5.41, 5.74) is 2.58. The molecule has 1 aliphatic rings. The summed E-state index contributed by atoms with van der Waals surface area (Å²) in [7, 11) is 0. The SMILES string of the molecule is Clc1cc(NCc2cc3c(s2)CCC3)ccn1. The fraction of sp³-hybridized carbons (Fsp3) is 0.308. The number of rotatable bonds is 3. The Morgan fingerprint density at radius 3 is 3.12 bits per heavy atom. The number of hydrogen-bond acceptors (Lipinski definition) is 3. The molecule has 0 saturated carbocycles. The molecule has 2 aromatic heterocycles. The molecule has 2 aromatic rings. The molecule has 4 heteroatoms. The van der Waals surface area contributed by atoms with E-state index in [1.807, 2.05) is 23.5 Å². The molecule has 0 aliphatic heterocycles. The lowest BCUT2D eigenvalue weighted by Crippen LogP contribution is -1.97. The Kier molecular flexibility index (Phi) is 3.04. The van der Waals surface area contributed by atoms with Crippen molar-refractivity contribution in [2.24, 2.45) is 0 Å². The van der Waals surface area contributed by atoms with E-state index < -0.39 is 0 Å². The van der Waals surface area contributed by atoms with E-state index >= 15 is 0 Å². The molecule has 0 atom stereocenters. The van der Waals surface area contributed by atoms with Crippen molar-refractivity contribution in [1.82, 2.24) is 4.98 Å². The fourth-order valence-electron chi connectivity index (χ4n) is 2.18. The number of nitrogens with one attached hydrogen (secondary N) is 1. The number of nitrogens with zero attached hydrogens (tertiary/aromatic N) is 1. The summed E-state index contributed by atoms with van der Waals surface area (Å²) in [6.45, 7) is 0.873. The molecule has 1 aliphatic carbocycles. The summed E-state index contributed by atoms with van der Waals surface area (Å²) >= 11 is 7.77. The van der Waals surface area contributed by atoms with Crippen LogP contribution in [0.3, 0.4) is 0 Å². The predicted molar refractivity (Wildman–Crippen MR) is 72.9 cm³/mol. The first-order valence-corrected chi connectivity index (χ1v) is 6.96. The van der Waals surface area contributed by atoms with Crippen molar-refractivity contribution in [3.63, 3.8) is 0 Å². The van der Waals surface area contributed by atoms with Crippen molar-refractivity contribution in [1.29, 1.82) is 0 Å². The zero-order chi connectivity index (χ0) is 11.7. The van der Waals surface area contributed by atoms with E-state index in [1.165, 1.54) is 24.1 Å². The molecule has 0 spiro atoms. The van der Waals surface area contributed by atoms with Crippen molar-refractivity contribution in [2.45, 2.75) is 25.8 Å². The van der Waals surface area contributed by atoms with Crippen LogP contribution in [0.25, 0.3) is 0 Å². The van der Waals surface area contributed by atoms with Gasteiger partial charge >= 0.3 is 0 Å². The van der Waals surface area contributed by atoms with Crippen LogP contribution in [0.15, 0.2) is 24.4 Å². The lowest BCUT2D eigenvalue weighted by atomic mass is 10.2. The molecule has 0 aromatic carbocycles. The molecule has 0 saturated heterocycles. The van der Waals surface area contributed by atoms with Crippen LogP contribution >= 0.6 is 22.9 Å². The molecule has 2 heterocycles. The summed E-state index contributed by atoms with van der Waals surface area (Å²) in [6, 6.07) is 6.12. The van der Waals surface area contributed by atoms with E-state index in [-0.39, 0.29) is 0 Å². The Morgan fingerprint density at radius 1 is 1.35 bits per heavy atom. The monoisotopic (exact) mass is 264 g/mol. The minimum Gasteiger partial charge on any atom is -0.380 e. The van der Waals surface area contributed by atoms with Crippen LogP contribution in [0.2, 0.25) is 5.15 Å². The van der Waals surface area contributed by atoms with Gasteiger partial charge in [-0.3, -0.25) is 0 Å². The molecule has 0 fully saturated rings. The molecule has 2 nitrogen and oxygen atoms in total. The summed E-state index contributed by atoms with van der Waals surface area (Å²) in [6.07, 6.45) is 5.57. The van der Waals surface area contributed by atoms with Gasteiger partial charge in [0.1, 0.15) is 5.15 Å². The van der Waals surface area contributed by atoms with Crippen LogP contribution in [0, 0.1) is 0 Å². The van der Waals surface area contributed by atoms with E-state index in [9.17, 15) is 0 Å². The summed E-state index contributed by atoms with van der Waals surface area (Å²) in [5.74, 6) is 0. The summed E-state index contributed by atoms with van der Waals surface area (Å²) in [4.78, 5) is 6.95. The first kappa shape index (κ1) is 11.1. The standard InChI is InChI=1S/C13H13ClN2S/c14-13-7-10(4-5-15-13)16-8-11-6-9-2-1-3-12(9)17-11/h4-7H,1-3,8H2,(H,15,16). The Labute approximate surface area is 110 Å². The number of hydrogen-bond donors (Lipinski definition) is 1. The molecule has 17 heavy (non-hydrogen) atoms. The highest BCUT2D eigenvalue weighted by molar-refractivity contribution is 7.12. The number of halogens is 1. The highest BCUT2D eigenvalue weighted by Crippen LogP contribution is 2.30. The van der Waals surface area contributed by atoms with E-state index in [1.54, 1.807) is 16.6 Å². The largest absolute Gasteiger partial charge is 0.380 e. The Bertz CT molecular complexity index is 514. The first-order chi connectivity index (χ1) is 8.31. The van der Waals surface area contributed by atoms with E-state index in [0.717, 1.165) is 12.2 Å². The van der Waals surface area contributed by atoms with Gasteiger partial charge in [0.05, 0.1) is 0 Å². The van der Waals surface area contributed by atoms with Crippen molar-refractivity contribution < 1.29 is 0 Å². The average molecular weight is 265 g/mol. The quantitative estimate of drug-likeness (QED) is 0.851. The van der Waals surface area contributed by atoms with Gasteiger partial charge in [0.2, 0.25) is 0 Å². The molecule has 88 valence electrons. The van der Waals surface area contributed by atoms with Crippen LogP contribution in [-0.4, -0.2) is 4.98 Å². The lowest BCUT2D eigenvalue weighted by molar-refractivity contribution is 0.913. The van der Waals surface area contributed by atoms with Crippen molar-refractivity contribution in [3.05, 3.63) is 44.9 Å². The van der Waals surface area contributed by atoms with Crippen LogP contribution in [-0.2, 0) is 19.4 Å². The van der Waals surface area contributed by atoms with Crippen molar-refractivity contribution in [2.75, 3.05) is 5.32 Å². The molecule has 0 radical (unpaired) electrons. The minimum absolute atomic E-state index is 0.531. The van der Waals surface area contributed by atoms with Gasteiger partial charge in [-0.15, -0.1) is 11.3 Å². The Morgan fingerprint density at radius 2 is 2.29 bits per heavy atom. The highest BCUT2D eigenvalue weighted by Gasteiger charge is 2.14. The van der Waals surface area contributed by atoms with Gasteiger partial charge in [-0.25, -0.2) is 4.98 Å². The summed E-state index contributed by atoms with van der Waals surface area (Å²) in [5, 5.41) is 3.91. The van der Waals surface area contributed by atoms with Crippen molar-refractivity contribution in [3.8, 4) is 0 Å². The van der Waals surface area contributed by atoms with E-state index in [2.05, 4.69) is 16.4 Å². The smallest absolute Gasteiger partial charge is 0.131 e. The molecule has 0 amide bonds. The zero-order valence-electron chi connectivity index (χ0n) is 9.37. The normalized spacial score (nSPS) is 13.7. The Balaban J connectivity index is 1.67. The Hall–Kier alpha value is -1.06. The van der Waals surface area contributed by atoms with Crippen LogP contribution < -0.4 is 5.32 Å². The fourth-order valence-corrected chi connectivity index (χ4v) is 3.55. The molecular formula is C13H13ClN2S. The third-order valence-corrected chi connectivity index (χ3v) is 4.43. The zero-order valence-corrected chi connectivity index (χ0v) is 10.9. The van der Waals surface area contributed by atoms with Crippen LogP contribution in [0.5, 0.6) is 0 Å². The van der Waals surface area contributed by atoms with E-state index in [4.69, 9.17) is 11.6 Å². The lowest BCUT2D eigenvalue weighted by Gasteiger charge is -2.04. The molecule has 1 N–H and O–H groups in total. The van der Waals surface area contributed by atoms with Gasteiger partial charge < -0.3 is 5.32 Å². The number of thiophene rings is 1. The topological polar surface area (TPSA) is 24.9 Å². The van der Waals surface area contributed by atoms with Crippen LogP contribution in [0.1, 0.15) is 21.7 Å². The average Bonchev–Trinajstić information content (AvgIpc) is 2.86. The van der Waals surface area contributed by atoms with Gasteiger partial charge in [0.15, 0.2) is 0 Å². The molecular weight excluding hydrogens is 252 g/mol. The van der Waals surface area contributed by atoms with Gasteiger partial charge in [-0.2, -0.15) is 0 Å². The number of aromatic nitrogens is 1. The van der Waals surface area contributed by atoms with Gasteiger partial charge in [-0.05, 0) is 43.0 Å². The van der Waals surface area contributed by atoms with Gasteiger partial charge in [0.25, 0.3) is 0 Å². The number of fused-ring (bicyclic) bond motifs is 1. The second kappa shape index (κ2) is 4.67. The van der Waals surface area contributed by atoms with Crippen LogP contribution in [0.4, 0.5) is 5.69 Å². The predicted octanol–water partition coefficient (Wildman–Crippen LogP) is 3.90. The molecule has 3 rings (SSSR count). The number of aryl methyl sites for hydroxylation is 2. The van der Waals surface area contributed by atoms with Gasteiger partial charge in [-0.1, -0.05) is 11.6 Å². The summed E-state index contributed by atoms with van der Waals surface area (Å²) < 4.78 is 0. The second-order valence-corrected chi connectivity index (χ2v) is 5.84. The third-order valence-electron chi connectivity index (χ3n) is 2.99. The first-order valence-electron chi connectivity index (χ1n) is 5.77. The molecule has 0 bridgehead atoms. The number of anilines is 1. The van der Waals surface area contributed by atoms with Crippen molar-refractivity contribution >= 4 is 28.6 Å². The maximum absolute atomic E-state index is 5.84. The maximum Gasteiger partial charge on any atom is 0.131 e. The minimum atomic E-state index is 0.531. The molecule has 0 unspecified atom stereocenters. The van der Waals surface area contributed by atoms with Gasteiger partial charge in [0, 0.05) is 28.2 Å².